The summed E-state index contributed by atoms with van der Waals surface area (Å²) in [4.78, 5) is 18.1. The van der Waals surface area contributed by atoms with Crippen LogP contribution in [0.3, 0.4) is 0 Å². The number of hydrogen-bond acceptors (Lipinski definition) is 6. The van der Waals surface area contributed by atoms with Crippen molar-refractivity contribution in [1.82, 2.24) is 15.1 Å². The van der Waals surface area contributed by atoms with Crippen LogP contribution in [0.4, 0.5) is 0 Å². The number of nitrogens with zero attached hydrogens (tertiary/aromatic N) is 2. The van der Waals surface area contributed by atoms with Crippen molar-refractivity contribution in [3.05, 3.63) is 62.6 Å². The number of halogens is 2. The minimum Gasteiger partial charge on any atom is -0.381 e. The van der Waals surface area contributed by atoms with Gasteiger partial charge >= 0.3 is 0 Å². The van der Waals surface area contributed by atoms with Crippen LogP contribution in [0.2, 0.25) is 5.02 Å². The van der Waals surface area contributed by atoms with E-state index < -0.39 is 9.84 Å². The third kappa shape index (κ3) is 6.88. The van der Waals surface area contributed by atoms with E-state index in [1.54, 1.807) is 19.1 Å². The maximum Gasteiger partial charge on any atom is 0.251 e. The molecular formula is C26H33BrClN3O4S. The Balaban J connectivity index is 1.34. The number of sulfone groups is 1. The van der Waals surface area contributed by atoms with E-state index in [1.165, 1.54) is 6.07 Å². The predicted molar refractivity (Wildman–Crippen MR) is 145 cm³/mol. The fraction of sp³-hybridized carbons (Fsp3) is 0.500. The molecule has 0 unspecified atom stereocenters. The third-order valence-corrected chi connectivity index (χ3v) is 9.80. The largest absolute Gasteiger partial charge is 0.381 e. The maximum absolute atomic E-state index is 12.8. The number of amides is 1. The molecule has 0 spiro atoms. The van der Waals surface area contributed by atoms with Crippen molar-refractivity contribution >= 4 is 43.3 Å². The van der Waals surface area contributed by atoms with Crippen LogP contribution in [0.5, 0.6) is 0 Å². The molecule has 1 N–H and O–H groups in total. The quantitative estimate of drug-likeness (QED) is 0.493. The van der Waals surface area contributed by atoms with Gasteiger partial charge in [0, 0.05) is 73.6 Å². The Kier molecular flexibility index (Phi) is 9.46. The molecule has 36 heavy (non-hydrogen) atoms. The maximum atomic E-state index is 12.8. The van der Waals surface area contributed by atoms with Crippen LogP contribution in [0.15, 0.2) is 45.8 Å². The Labute approximate surface area is 227 Å². The molecular weight excluding hydrogens is 566 g/mol. The molecule has 1 amide bonds. The lowest BCUT2D eigenvalue weighted by atomic mass is 10.1. The van der Waals surface area contributed by atoms with E-state index in [9.17, 15) is 13.2 Å². The lowest BCUT2D eigenvalue weighted by Crippen LogP contribution is -2.51. The van der Waals surface area contributed by atoms with Gasteiger partial charge in [0.25, 0.3) is 5.91 Å². The molecule has 4 rings (SSSR count). The first-order valence-corrected chi connectivity index (χ1v) is 15.2. The van der Waals surface area contributed by atoms with E-state index in [2.05, 4.69) is 31.0 Å². The summed E-state index contributed by atoms with van der Waals surface area (Å²) in [5, 5.41) is 3.26. The van der Waals surface area contributed by atoms with Crippen LogP contribution in [0.25, 0.3) is 0 Å². The number of nitrogens with one attached hydrogen (secondary N) is 1. The third-order valence-electron chi connectivity index (χ3n) is 7.00. The van der Waals surface area contributed by atoms with Crippen molar-refractivity contribution in [2.45, 2.75) is 43.8 Å². The number of hydrogen-bond donors (Lipinski definition) is 1. The van der Waals surface area contributed by atoms with Crippen molar-refractivity contribution < 1.29 is 17.9 Å². The fourth-order valence-corrected chi connectivity index (χ4v) is 6.63. The molecule has 10 heteroatoms. The summed E-state index contributed by atoms with van der Waals surface area (Å²) in [6.07, 6.45) is 2.25. The summed E-state index contributed by atoms with van der Waals surface area (Å²) in [5.41, 5.74) is 2.13. The monoisotopic (exact) mass is 597 g/mol. The lowest BCUT2D eigenvalue weighted by molar-refractivity contribution is 0.0126. The van der Waals surface area contributed by atoms with E-state index in [0.717, 1.165) is 68.8 Å². The highest BCUT2D eigenvalue weighted by molar-refractivity contribution is 9.10. The second kappa shape index (κ2) is 12.4. The minimum atomic E-state index is -3.43. The van der Waals surface area contributed by atoms with Crippen LogP contribution in [-0.4, -0.2) is 75.3 Å². The van der Waals surface area contributed by atoms with Gasteiger partial charge in [0.15, 0.2) is 9.84 Å². The SMILES string of the molecule is CCS(=O)(=O)c1ccc(Cl)cc1CNC(=O)c1ccc(CN2CCN(C3CCOCC3)CC2)c(Br)c1. The molecule has 2 heterocycles. The Morgan fingerprint density at radius 1 is 1.08 bits per heavy atom. The van der Waals surface area contributed by atoms with Gasteiger partial charge in [-0.05, 0) is 54.3 Å². The summed E-state index contributed by atoms with van der Waals surface area (Å²) in [6.45, 7) is 8.42. The van der Waals surface area contributed by atoms with Crippen molar-refractivity contribution in [1.29, 1.82) is 0 Å². The second-order valence-electron chi connectivity index (χ2n) is 9.30. The molecule has 2 fully saturated rings. The molecule has 2 aromatic carbocycles. The highest BCUT2D eigenvalue weighted by Gasteiger charge is 2.26. The average Bonchev–Trinajstić information content (AvgIpc) is 2.89. The molecule has 0 aliphatic carbocycles. The molecule has 2 aromatic rings. The summed E-state index contributed by atoms with van der Waals surface area (Å²) < 4.78 is 31.2. The molecule has 2 aliphatic heterocycles. The van der Waals surface area contributed by atoms with E-state index in [-0.39, 0.29) is 23.1 Å². The highest BCUT2D eigenvalue weighted by Crippen LogP contribution is 2.24. The first kappa shape index (κ1) is 27.5. The number of rotatable bonds is 8. The van der Waals surface area contributed by atoms with Crippen LogP contribution < -0.4 is 5.32 Å². The van der Waals surface area contributed by atoms with Crippen LogP contribution >= 0.6 is 27.5 Å². The van der Waals surface area contributed by atoms with Crippen LogP contribution in [0, 0.1) is 0 Å². The summed E-state index contributed by atoms with van der Waals surface area (Å²) in [7, 11) is -3.43. The van der Waals surface area contributed by atoms with Gasteiger partial charge in [-0.15, -0.1) is 0 Å². The topological polar surface area (TPSA) is 79.0 Å². The summed E-state index contributed by atoms with van der Waals surface area (Å²) in [6, 6.07) is 10.9. The molecule has 0 atom stereocenters. The molecule has 0 aromatic heterocycles. The molecule has 2 saturated heterocycles. The average molecular weight is 599 g/mol. The summed E-state index contributed by atoms with van der Waals surface area (Å²) >= 11 is 9.72. The Morgan fingerprint density at radius 2 is 1.81 bits per heavy atom. The van der Waals surface area contributed by atoms with Crippen molar-refractivity contribution in [3.63, 3.8) is 0 Å². The Hall–Kier alpha value is -1.49. The van der Waals surface area contributed by atoms with Crippen LogP contribution in [-0.2, 0) is 27.7 Å². The molecule has 0 radical (unpaired) electrons. The van der Waals surface area contributed by atoms with Crippen LogP contribution in [0.1, 0.15) is 41.3 Å². The first-order chi connectivity index (χ1) is 17.3. The van der Waals surface area contributed by atoms with E-state index in [0.29, 0.717) is 22.2 Å². The zero-order valence-electron chi connectivity index (χ0n) is 20.5. The first-order valence-electron chi connectivity index (χ1n) is 12.4. The van der Waals surface area contributed by atoms with Gasteiger partial charge in [-0.2, -0.15) is 0 Å². The van der Waals surface area contributed by atoms with Gasteiger partial charge in [-0.3, -0.25) is 14.6 Å². The lowest BCUT2D eigenvalue weighted by Gasteiger charge is -2.40. The standard InChI is InChI=1S/C26H33BrClN3O4S/c1-2-36(33,34)25-6-5-22(28)15-21(25)17-29-26(32)19-3-4-20(24(27)16-19)18-30-9-11-31(12-10-30)23-7-13-35-14-8-23/h3-6,15-16,23H,2,7-14,17-18H2,1H3,(H,29,32). The van der Waals surface area contributed by atoms with Crippen molar-refractivity contribution in [2.24, 2.45) is 0 Å². The molecule has 196 valence electrons. The van der Waals surface area contributed by atoms with Gasteiger partial charge in [0.2, 0.25) is 0 Å². The Morgan fingerprint density at radius 3 is 2.47 bits per heavy atom. The minimum absolute atomic E-state index is 0.0193. The normalized spacial score (nSPS) is 18.3. The van der Waals surface area contributed by atoms with Gasteiger partial charge < -0.3 is 10.1 Å². The van der Waals surface area contributed by atoms with Gasteiger partial charge in [-0.25, -0.2) is 8.42 Å². The van der Waals surface area contributed by atoms with E-state index >= 15 is 0 Å². The fourth-order valence-electron chi connectivity index (χ4n) is 4.82. The zero-order valence-corrected chi connectivity index (χ0v) is 23.7. The molecule has 0 saturated carbocycles. The molecule has 0 bridgehead atoms. The van der Waals surface area contributed by atoms with Gasteiger partial charge in [-0.1, -0.05) is 40.5 Å². The number of carbonyl (C=O) groups is 1. The number of ether oxygens (including phenoxy) is 1. The highest BCUT2D eigenvalue weighted by atomic mass is 79.9. The van der Waals surface area contributed by atoms with E-state index in [1.807, 2.05) is 18.2 Å². The second-order valence-corrected chi connectivity index (χ2v) is 12.8. The van der Waals surface area contributed by atoms with E-state index in [4.69, 9.17) is 16.3 Å². The van der Waals surface area contributed by atoms with Gasteiger partial charge in [0.1, 0.15) is 0 Å². The van der Waals surface area contributed by atoms with Crippen molar-refractivity contribution in [3.8, 4) is 0 Å². The van der Waals surface area contributed by atoms with Gasteiger partial charge in [0.05, 0.1) is 10.6 Å². The Bertz CT molecular complexity index is 1180. The summed E-state index contributed by atoms with van der Waals surface area (Å²) in [5.74, 6) is -0.290. The predicted octanol–water partition coefficient (Wildman–Crippen LogP) is 4.12. The number of carbonyl (C=O) groups excluding carboxylic acids is 1. The van der Waals surface area contributed by atoms with Crippen molar-refractivity contribution in [2.75, 3.05) is 45.1 Å². The molecule has 7 nitrogen and oxygen atoms in total. The zero-order chi connectivity index (χ0) is 25.7. The number of piperazine rings is 1. The number of benzene rings is 2. The smallest absolute Gasteiger partial charge is 0.251 e. The molecule has 2 aliphatic rings.